The van der Waals surface area contributed by atoms with Gasteiger partial charge in [0.05, 0.1) is 0 Å². The van der Waals surface area contributed by atoms with Gasteiger partial charge in [0.2, 0.25) is 0 Å². The Morgan fingerprint density at radius 1 is 1.05 bits per heavy atom. The largest absolute Gasteiger partial charge is 0.365 e. The molecule has 0 radical (unpaired) electrons. The molecule has 3 aromatic rings. The molecule has 0 amide bonds. The Bertz CT molecular complexity index is 767. The molecular formula is C17H18ClN3. The van der Waals surface area contributed by atoms with Crippen molar-refractivity contribution in [3.05, 3.63) is 53.7 Å². The summed E-state index contributed by atoms with van der Waals surface area (Å²) in [5, 5.41) is 4.28. The highest BCUT2D eigenvalue weighted by atomic mass is 35.5. The predicted octanol–water partition coefficient (Wildman–Crippen LogP) is 4.87. The van der Waals surface area contributed by atoms with Crippen LogP contribution >= 0.6 is 11.6 Å². The van der Waals surface area contributed by atoms with Gasteiger partial charge in [0.1, 0.15) is 17.2 Å². The summed E-state index contributed by atoms with van der Waals surface area (Å²) in [6.07, 6.45) is 2.02. The topological polar surface area (TPSA) is 29.3 Å². The molecule has 1 N–H and O–H groups in total. The minimum absolute atomic E-state index is 0.0486. The normalized spacial score (nSPS) is 11.8. The predicted molar refractivity (Wildman–Crippen MR) is 89.0 cm³/mol. The van der Waals surface area contributed by atoms with E-state index in [0.717, 1.165) is 27.7 Å². The van der Waals surface area contributed by atoms with Gasteiger partial charge in [-0.1, -0.05) is 29.8 Å². The van der Waals surface area contributed by atoms with Gasteiger partial charge in [-0.25, -0.2) is 4.98 Å². The van der Waals surface area contributed by atoms with Crippen LogP contribution in [0.5, 0.6) is 0 Å². The zero-order valence-electron chi connectivity index (χ0n) is 12.4. The van der Waals surface area contributed by atoms with Gasteiger partial charge in [0.15, 0.2) is 0 Å². The number of rotatable bonds is 2. The summed E-state index contributed by atoms with van der Waals surface area (Å²) < 4.78 is 2.08. The van der Waals surface area contributed by atoms with E-state index in [1.165, 1.54) is 0 Å². The minimum Gasteiger partial charge on any atom is -0.365 e. The molecule has 3 rings (SSSR count). The number of hydrogen-bond donors (Lipinski definition) is 1. The van der Waals surface area contributed by atoms with Gasteiger partial charge in [0.25, 0.3) is 0 Å². The van der Waals surface area contributed by atoms with Crippen molar-refractivity contribution < 1.29 is 0 Å². The molecule has 2 heterocycles. The van der Waals surface area contributed by atoms with Crippen molar-refractivity contribution in [3.63, 3.8) is 0 Å². The highest BCUT2D eigenvalue weighted by Crippen LogP contribution is 2.31. The van der Waals surface area contributed by atoms with Gasteiger partial charge in [-0.2, -0.15) is 0 Å². The fraction of sp³-hybridized carbons (Fsp3) is 0.235. The molecule has 0 fully saturated rings. The Morgan fingerprint density at radius 3 is 2.43 bits per heavy atom. The lowest BCUT2D eigenvalue weighted by atomic mass is 10.1. The van der Waals surface area contributed by atoms with E-state index in [-0.39, 0.29) is 5.54 Å². The third-order valence-corrected chi connectivity index (χ3v) is 3.39. The van der Waals surface area contributed by atoms with Gasteiger partial charge < -0.3 is 5.32 Å². The molecule has 0 aliphatic heterocycles. The molecule has 0 atom stereocenters. The molecule has 0 spiro atoms. The zero-order valence-corrected chi connectivity index (χ0v) is 13.1. The molecule has 108 valence electrons. The van der Waals surface area contributed by atoms with Crippen LogP contribution in [0, 0.1) is 0 Å². The van der Waals surface area contributed by atoms with Crippen LogP contribution in [-0.2, 0) is 0 Å². The highest BCUT2D eigenvalue weighted by molar-refractivity contribution is 6.30. The second kappa shape index (κ2) is 5.08. The fourth-order valence-corrected chi connectivity index (χ4v) is 2.41. The number of hydrogen-bond acceptors (Lipinski definition) is 2. The molecule has 1 aromatic carbocycles. The van der Waals surface area contributed by atoms with E-state index in [9.17, 15) is 0 Å². The number of aromatic nitrogens is 2. The second-order valence-corrected chi connectivity index (χ2v) is 6.56. The molecule has 0 bridgehead atoms. The number of halogens is 1. The van der Waals surface area contributed by atoms with Crippen LogP contribution in [0.2, 0.25) is 5.02 Å². The third-order valence-electron chi connectivity index (χ3n) is 3.14. The van der Waals surface area contributed by atoms with E-state index in [2.05, 4.69) is 30.5 Å². The van der Waals surface area contributed by atoms with Crippen LogP contribution in [0.15, 0.2) is 48.7 Å². The summed E-state index contributed by atoms with van der Waals surface area (Å²) in [6, 6.07) is 13.8. The number of anilines is 1. The van der Waals surface area contributed by atoms with Crippen molar-refractivity contribution in [2.24, 2.45) is 0 Å². The zero-order chi connectivity index (χ0) is 15.0. The Morgan fingerprint density at radius 2 is 1.76 bits per heavy atom. The van der Waals surface area contributed by atoms with Crippen LogP contribution in [0.3, 0.4) is 0 Å². The van der Waals surface area contributed by atoms with Gasteiger partial charge in [-0.05, 0) is 45.0 Å². The molecule has 3 nitrogen and oxygen atoms in total. The van der Waals surface area contributed by atoms with E-state index in [1.54, 1.807) is 0 Å². The third kappa shape index (κ3) is 2.88. The molecule has 0 aliphatic carbocycles. The average Bonchev–Trinajstić information content (AvgIpc) is 2.77. The summed E-state index contributed by atoms with van der Waals surface area (Å²) in [5.41, 5.74) is 2.87. The van der Waals surface area contributed by atoms with Crippen molar-refractivity contribution in [1.82, 2.24) is 9.38 Å². The number of fused-ring (bicyclic) bond motifs is 1. The number of imidazole rings is 1. The first-order valence-electron chi connectivity index (χ1n) is 6.95. The lowest BCUT2D eigenvalue weighted by Crippen LogP contribution is -2.27. The summed E-state index contributed by atoms with van der Waals surface area (Å²) in [6.45, 7) is 6.42. The van der Waals surface area contributed by atoms with E-state index in [4.69, 9.17) is 16.6 Å². The van der Waals surface area contributed by atoms with E-state index in [1.807, 2.05) is 48.7 Å². The van der Waals surface area contributed by atoms with Gasteiger partial charge in [-0.3, -0.25) is 4.40 Å². The van der Waals surface area contributed by atoms with Crippen LogP contribution in [0.4, 0.5) is 5.82 Å². The standard InChI is InChI=1S/C17H18ClN3/c1-17(2,3)20-16-15(12-7-9-13(18)10-8-12)19-14-6-4-5-11-21(14)16/h4-11,20H,1-3H3. The summed E-state index contributed by atoms with van der Waals surface area (Å²) in [4.78, 5) is 4.75. The number of benzene rings is 1. The first-order chi connectivity index (χ1) is 9.94. The number of pyridine rings is 1. The first-order valence-corrected chi connectivity index (χ1v) is 7.33. The van der Waals surface area contributed by atoms with Crippen LogP contribution in [0.1, 0.15) is 20.8 Å². The molecule has 0 saturated carbocycles. The molecule has 4 heteroatoms. The van der Waals surface area contributed by atoms with Crippen LogP contribution in [0.25, 0.3) is 16.9 Å². The molecular weight excluding hydrogens is 282 g/mol. The van der Waals surface area contributed by atoms with Gasteiger partial charge in [0, 0.05) is 22.3 Å². The maximum atomic E-state index is 5.98. The van der Waals surface area contributed by atoms with Crippen LogP contribution < -0.4 is 5.32 Å². The quantitative estimate of drug-likeness (QED) is 0.732. The van der Waals surface area contributed by atoms with Crippen molar-refractivity contribution in [3.8, 4) is 11.3 Å². The Balaban J connectivity index is 2.21. The Labute approximate surface area is 129 Å². The number of nitrogens with one attached hydrogen (secondary N) is 1. The number of nitrogens with zero attached hydrogens (tertiary/aromatic N) is 2. The van der Waals surface area contributed by atoms with Crippen molar-refractivity contribution in [2.75, 3.05) is 5.32 Å². The second-order valence-electron chi connectivity index (χ2n) is 6.12. The maximum Gasteiger partial charge on any atom is 0.139 e. The van der Waals surface area contributed by atoms with E-state index < -0.39 is 0 Å². The summed E-state index contributed by atoms with van der Waals surface area (Å²) in [7, 11) is 0. The molecule has 0 saturated heterocycles. The smallest absolute Gasteiger partial charge is 0.139 e. The molecule has 0 aliphatic rings. The van der Waals surface area contributed by atoms with E-state index in [0.29, 0.717) is 0 Å². The van der Waals surface area contributed by atoms with E-state index >= 15 is 0 Å². The first kappa shape index (κ1) is 14.0. The molecule has 2 aromatic heterocycles. The highest BCUT2D eigenvalue weighted by Gasteiger charge is 2.18. The molecule has 0 unspecified atom stereocenters. The summed E-state index contributed by atoms with van der Waals surface area (Å²) >= 11 is 5.98. The van der Waals surface area contributed by atoms with Gasteiger partial charge in [-0.15, -0.1) is 0 Å². The monoisotopic (exact) mass is 299 g/mol. The SMILES string of the molecule is CC(C)(C)Nc1c(-c2ccc(Cl)cc2)nc2ccccn12. The lowest BCUT2D eigenvalue weighted by Gasteiger charge is -2.22. The van der Waals surface area contributed by atoms with Crippen molar-refractivity contribution in [1.29, 1.82) is 0 Å². The fourth-order valence-electron chi connectivity index (χ4n) is 2.28. The lowest BCUT2D eigenvalue weighted by molar-refractivity contribution is 0.629. The maximum absolute atomic E-state index is 5.98. The van der Waals surface area contributed by atoms with Crippen molar-refractivity contribution >= 4 is 23.1 Å². The van der Waals surface area contributed by atoms with Crippen LogP contribution in [-0.4, -0.2) is 14.9 Å². The Kier molecular flexibility index (Phi) is 3.38. The molecule has 21 heavy (non-hydrogen) atoms. The van der Waals surface area contributed by atoms with Gasteiger partial charge >= 0.3 is 0 Å². The minimum atomic E-state index is -0.0486. The van der Waals surface area contributed by atoms with Crippen molar-refractivity contribution in [2.45, 2.75) is 26.3 Å². The Hall–Kier alpha value is -2.00. The average molecular weight is 300 g/mol. The summed E-state index contributed by atoms with van der Waals surface area (Å²) in [5.74, 6) is 1.00.